The highest BCUT2D eigenvalue weighted by Crippen LogP contribution is 2.15. The van der Waals surface area contributed by atoms with Crippen molar-refractivity contribution in [3.63, 3.8) is 0 Å². The second-order valence-corrected chi connectivity index (χ2v) is 4.50. The summed E-state index contributed by atoms with van der Waals surface area (Å²) < 4.78 is 11.1. The summed E-state index contributed by atoms with van der Waals surface area (Å²) in [6.07, 6.45) is 6.66. The van der Waals surface area contributed by atoms with Crippen molar-refractivity contribution < 1.29 is 9.15 Å². The molecule has 1 atom stereocenters. The molecular weight excluding hydrogens is 214 g/mol. The fraction of sp³-hybridized carbons (Fsp3) is 0.714. The third-order valence-corrected chi connectivity index (χ3v) is 3.19. The van der Waals surface area contributed by atoms with Crippen LogP contribution in [0.4, 0.5) is 0 Å². The van der Waals surface area contributed by atoms with E-state index < -0.39 is 0 Å². The second-order valence-electron chi connectivity index (χ2n) is 4.50. The Morgan fingerprint density at radius 3 is 2.88 bits per heavy atom. The molecule has 0 aliphatic heterocycles. The van der Waals surface area contributed by atoms with Crippen LogP contribution in [-0.4, -0.2) is 6.61 Å². The van der Waals surface area contributed by atoms with Crippen molar-refractivity contribution in [3.8, 4) is 0 Å². The van der Waals surface area contributed by atoms with Crippen molar-refractivity contribution in [2.24, 2.45) is 11.7 Å². The summed E-state index contributed by atoms with van der Waals surface area (Å²) in [5, 5.41) is 0. The molecule has 0 amide bonds. The molecule has 0 aliphatic rings. The molecule has 3 nitrogen and oxygen atoms in total. The highest BCUT2D eigenvalue weighted by molar-refractivity contribution is 5.15. The molecule has 1 rings (SSSR count). The van der Waals surface area contributed by atoms with E-state index in [4.69, 9.17) is 14.9 Å². The van der Waals surface area contributed by atoms with Crippen LogP contribution in [0.1, 0.15) is 50.9 Å². The van der Waals surface area contributed by atoms with Gasteiger partial charge < -0.3 is 14.9 Å². The Hall–Kier alpha value is -0.800. The lowest BCUT2D eigenvalue weighted by Crippen LogP contribution is -2.09. The zero-order chi connectivity index (χ0) is 12.5. The van der Waals surface area contributed by atoms with Crippen LogP contribution in [0.3, 0.4) is 0 Å². The van der Waals surface area contributed by atoms with Crippen molar-refractivity contribution in [3.05, 3.63) is 23.7 Å². The molecule has 1 aromatic heterocycles. The topological polar surface area (TPSA) is 48.4 Å². The first-order chi connectivity index (χ1) is 8.31. The second kappa shape index (κ2) is 8.31. The van der Waals surface area contributed by atoms with Crippen LogP contribution in [-0.2, 0) is 17.9 Å². The Bertz CT molecular complexity index is 296. The van der Waals surface area contributed by atoms with Crippen molar-refractivity contribution >= 4 is 0 Å². The van der Waals surface area contributed by atoms with Crippen LogP contribution in [0, 0.1) is 5.92 Å². The minimum Gasteiger partial charge on any atom is -0.467 e. The maximum absolute atomic E-state index is 5.72. The molecule has 98 valence electrons. The molecule has 17 heavy (non-hydrogen) atoms. The van der Waals surface area contributed by atoms with Crippen LogP contribution < -0.4 is 5.73 Å². The molecule has 0 aliphatic carbocycles. The van der Waals surface area contributed by atoms with E-state index >= 15 is 0 Å². The molecule has 0 spiro atoms. The van der Waals surface area contributed by atoms with Crippen molar-refractivity contribution in [1.29, 1.82) is 0 Å². The summed E-state index contributed by atoms with van der Waals surface area (Å²) in [4.78, 5) is 0. The molecule has 1 unspecified atom stereocenters. The van der Waals surface area contributed by atoms with Gasteiger partial charge in [0.1, 0.15) is 12.4 Å². The Morgan fingerprint density at radius 1 is 1.41 bits per heavy atom. The van der Waals surface area contributed by atoms with Gasteiger partial charge in [-0.05, 0) is 18.4 Å². The largest absolute Gasteiger partial charge is 0.467 e. The smallest absolute Gasteiger partial charge is 0.133 e. The monoisotopic (exact) mass is 239 g/mol. The van der Waals surface area contributed by atoms with Gasteiger partial charge in [-0.15, -0.1) is 0 Å². The fourth-order valence-electron chi connectivity index (χ4n) is 1.89. The molecule has 1 aromatic rings. The van der Waals surface area contributed by atoms with E-state index in [1.165, 1.54) is 25.7 Å². The number of hydrogen-bond acceptors (Lipinski definition) is 3. The van der Waals surface area contributed by atoms with E-state index in [0.29, 0.717) is 19.1 Å². The van der Waals surface area contributed by atoms with Crippen LogP contribution >= 0.6 is 0 Å². The van der Waals surface area contributed by atoms with E-state index in [2.05, 4.69) is 13.8 Å². The molecule has 0 saturated heterocycles. The minimum absolute atomic E-state index is 0.516. The van der Waals surface area contributed by atoms with E-state index in [1.54, 1.807) is 6.26 Å². The van der Waals surface area contributed by atoms with Gasteiger partial charge in [0.2, 0.25) is 0 Å². The fourth-order valence-corrected chi connectivity index (χ4v) is 1.89. The van der Waals surface area contributed by atoms with Gasteiger partial charge in [-0.2, -0.15) is 0 Å². The first-order valence-corrected chi connectivity index (χ1v) is 6.64. The quantitative estimate of drug-likeness (QED) is 0.717. The van der Waals surface area contributed by atoms with E-state index in [-0.39, 0.29) is 0 Å². The number of furan rings is 1. The lowest BCUT2D eigenvalue weighted by atomic mass is 10.0. The van der Waals surface area contributed by atoms with Gasteiger partial charge in [-0.3, -0.25) is 0 Å². The number of unbranched alkanes of at least 4 members (excludes halogenated alkanes) is 1. The molecular formula is C14H25NO2. The van der Waals surface area contributed by atoms with Crippen molar-refractivity contribution in [2.75, 3.05) is 6.61 Å². The first-order valence-electron chi connectivity index (χ1n) is 6.64. The first kappa shape index (κ1) is 14.3. The van der Waals surface area contributed by atoms with Gasteiger partial charge >= 0.3 is 0 Å². The average molecular weight is 239 g/mol. The van der Waals surface area contributed by atoms with Crippen molar-refractivity contribution in [1.82, 2.24) is 0 Å². The summed E-state index contributed by atoms with van der Waals surface area (Å²) >= 11 is 0. The third kappa shape index (κ3) is 4.92. The zero-order valence-corrected chi connectivity index (χ0v) is 11.1. The molecule has 0 radical (unpaired) electrons. The molecule has 2 N–H and O–H groups in total. The summed E-state index contributed by atoms with van der Waals surface area (Å²) in [6.45, 7) is 6.33. The third-order valence-electron chi connectivity index (χ3n) is 3.19. The van der Waals surface area contributed by atoms with Gasteiger partial charge in [-0.1, -0.05) is 33.1 Å². The lowest BCUT2D eigenvalue weighted by Gasteiger charge is -2.14. The molecule has 0 fully saturated rings. The average Bonchev–Trinajstić information content (AvgIpc) is 2.81. The molecule has 0 saturated carbocycles. The van der Waals surface area contributed by atoms with E-state index in [9.17, 15) is 0 Å². The zero-order valence-electron chi connectivity index (χ0n) is 11.1. The number of rotatable bonds is 9. The van der Waals surface area contributed by atoms with Crippen LogP contribution in [0.5, 0.6) is 0 Å². The molecule has 3 heteroatoms. The Labute approximate surface area is 104 Å². The van der Waals surface area contributed by atoms with Crippen molar-refractivity contribution in [2.45, 2.75) is 52.7 Å². The highest BCUT2D eigenvalue weighted by Gasteiger charge is 2.08. The Morgan fingerprint density at radius 2 is 2.24 bits per heavy atom. The SMILES string of the molecule is CCCCC(CC)COCc1occc1CN. The maximum atomic E-state index is 5.72. The van der Waals surface area contributed by atoms with Crippen LogP contribution in [0.25, 0.3) is 0 Å². The predicted molar refractivity (Wildman–Crippen MR) is 69.6 cm³/mol. The summed E-state index contributed by atoms with van der Waals surface area (Å²) in [7, 11) is 0. The molecule has 0 aromatic carbocycles. The van der Waals surface area contributed by atoms with Crippen LogP contribution in [0.2, 0.25) is 0 Å². The summed E-state index contributed by atoms with van der Waals surface area (Å²) in [5.41, 5.74) is 6.65. The lowest BCUT2D eigenvalue weighted by molar-refractivity contribution is 0.0704. The van der Waals surface area contributed by atoms with Gasteiger partial charge in [0.05, 0.1) is 6.26 Å². The van der Waals surface area contributed by atoms with Gasteiger partial charge in [0.25, 0.3) is 0 Å². The molecule has 0 bridgehead atoms. The van der Waals surface area contributed by atoms with Crippen LogP contribution in [0.15, 0.2) is 16.7 Å². The van der Waals surface area contributed by atoms with Gasteiger partial charge in [0, 0.05) is 18.7 Å². The van der Waals surface area contributed by atoms with E-state index in [1.807, 2.05) is 6.07 Å². The van der Waals surface area contributed by atoms with Gasteiger partial charge in [0.15, 0.2) is 0 Å². The number of nitrogens with two attached hydrogens (primary N) is 1. The summed E-state index contributed by atoms with van der Waals surface area (Å²) in [5.74, 6) is 1.55. The Balaban J connectivity index is 2.26. The standard InChI is InChI=1S/C14H25NO2/c1-3-5-6-12(4-2)10-16-11-14-13(9-15)7-8-17-14/h7-8,12H,3-6,9-11,15H2,1-2H3. The number of ether oxygens (including phenoxy) is 1. The summed E-state index contributed by atoms with van der Waals surface area (Å²) in [6, 6.07) is 1.91. The van der Waals surface area contributed by atoms with E-state index in [0.717, 1.165) is 17.9 Å². The maximum Gasteiger partial charge on any atom is 0.133 e. The minimum atomic E-state index is 0.516. The number of hydrogen-bond donors (Lipinski definition) is 1. The normalized spacial score (nSPS) is 12.9. The highest BCUT2D eigenvalue weighted by atomic mass is 16.5. The predicted octanol–water partition coefficient (Wildman–Crippen LogP) is 3.47. The van der Waals surface area contributed by atoms with Gasteiger partial charge in [-0.25, -0.2) is 0 Å². The molecule has 1 heterocycles. The Kier molecular flexibility index (Phi) is 6.97.